The molecule has 4 heteroatoms. The maximum atomic E-state index is 5.69. The molecule has 0 aliphatic heterocycles. The number of benzene rings is 13. The van der Waals surface area contributed by atoms with E-state index in [1.165, 1.54) is 103 Å². The van der Waals surface area contributed by atoms with Crippen LogP contribution in [-0.2, 0) is 0 Å². The molecular weight excluding hydrogens is 849 g/mol. The van der Waals surface area contributed by atoms with Crippen molar-refractivity contribution in [1.29, 1.82) is 0 Å². The molecule has 0 unspecified atom stereocenters. The minimum atomic E-state index is 0.645. The highest BCUT2D eigenvalue weighted by Crippen LogP contribution is 2.49. The highest BCUT2D eigenvalue weighted by molar-refractivity contribution is 6.41. The van der Waals surface area contributed by atoms with Gasteiger partial charge in [-0.3, -0.25) is 4.57 Å². The number of hydrogen-bond donors (Lipinski definition) is 0. The van der Waals surface area contributed by atoms with Gasteiger partial charge >= 0.3 is 0 Å². The van der Waals surface area contributed by atoms with Gasteiger partial charge in [-0.25, -0.2) is 9.97 Å². The summed E-state index contributed by atoms with van der Waals surface area (Å²) in [6.07, 6.45) is 0. The van der Waals surface area contributed by atoms with Gasteiger partial charge in [0.2, 0.25) is 5.95 Å². The van der Waals surface area contributed by atoms with E-state index in [2.05, 4.69) is 240 Å². The average molecular weight is 887 g/mol. The fraction of sp³-hybridized carbons (Fsp3) is 0. The van der Waals surface area contributed by atoms with Gasteiger partial charge in [0, 0.05) is 38.2 Å². The van der Waals surface area contributed by atoms with E-state index in [4.69, 9.17) is 9.97 Å². The average Bonchev–Trinajstić information content (AvgIpc) is 3.94. The molecule has 0 aliphatic carbocycles. The van der Waals surface area contributed by atoms with Crippen LogP contribution in [0.1, 0.15) is 0 Å². The number of aromatic nitrogens is 4. The molecule has 3 heterocycles. The van der Waals surface area contributed by atoms with Crippen molar-refractivity contribution in [3.05, 3.63) is 231 Å². The van der Waals surface area contributed by atoms with Crippen LogP contribution in [0.4, 0.5) is 0 Å². The Morgan fingerprint density at radius 3 is 1.49 bits per heavy atom. The molecule has 70 heavy (non-hydrogen) atoms. The molecule has 16 rings (SSSR count). The second kappa shape index (κ2) is 14.1. The molecule has 0 fully saturated rings. The van der Waals surface area contributed by atoms with Crippen molar-refractivity contribution in [2.24, 2.45) is 0 Å². The normalized spacial score (nSPS) is 12.3. The Hall–Kier alpha value is -9.38. The molecule has 0 spiro atoms. The van der Waals surface area contributed by atoms with Crippen molar-refractivity contribution in [3.8, 4) is 34.0 Å². The van der Waals surface area contributed by atoms with E-state index in [1.54, 1.807) is 0 Å². The van der Waals surface area contributed by atoms with Crippen LogP contribution in [0, 0.1) is 0 Å². The van der Waals surface area contributed by atoms with Gasteiger partial charge in [-0.1, -0.05) is 188 Å². The zero-order chi connectivity index (χ0) is 45.6. The smallest absolute Gasteiger partial charge is 0.235 e. The number of para-hydroxylation sites is 3. The molecule has 0 aliphatic rings. The monoisotopic (exact) mass is 886 g/mol. The van der Waals surface area contributed by atoms with Crippen LogP contribution < -0.4 is 0 Å². The van der Waals surface area contributed by atoms with Gasteiger partial charge in [-0.05, 0) is 118 Å². The molecular formula is C66H38N4. The summed E-state index contributed by atoms with van der Waals surface area (Å²) in [5, 5.41) is 20.7. The van der Waals surface area contributed by atoms with Crippen LogP contribution in [0.25, 0.3) is 153 Å². The molecule has 0 amide bonds. The lowest BCUT2D eigenvalue weighted by atomic mass is 9.87. The molecule has 0 N–H and O–H groups in total. The van der Waals surface area contributed by atoms with Crippen LogP contribution in [0.2, 0.25) is 0 Å². The highest BCUT2D eigenvalue weighted by atomic mass is 15.2. The predicted octanol–water partition coefficient (Wildman–Crippen LogP) is 17.5. The van der Waals surface area contributed by atoms with E-state index >= 15 is 0 Å². The van der Waals surface area contributed by atoms with Gasteiger partial charge in [0.1, 0.15) is 0 Å². The van der Waals surface area contributed by atoms with Crippen LogP contribution >= 0.6 is 0 Å². The van der Waals surface area contributed by atoms with E-state index in [9.17, 15) is 0 Å². The number of nitrogens with zero attached hydrogens (tertiary/aromatic N) is 4. The van der Waals surface area contributed by atoms with Crippen LogP contribution in [-0.4, -0.2) is 19.1 Å². The Labute approximate surface area is 400 Å². The summed E-state index contributed by atoms with van der Waals surface area (Å²) in [7, 11) is 0. The topological polar surface area (TPSA) is 35.6 Å². The molecule has 0 bridgehead atoms. The first-order valence-electron chi connectivity index (χ1n) is 24.1. The molecule has 4 nitrogen and oxygen atoms in total. The van der Waals surface area contributed by atoms with E-state index in [0.717, 1.165) is 44.3 Å². The second-order valence-electron chi connectivity index (χ2n) is 18.8. The standard InChI is InChI=1S/C66H38N4/c1-2-17-40(18-3-1)43-34-35-48(45-21-7-6-20-44(43)45)65-49-22-8-11-29-56(49)67-66(68-65)70-58-31-13-10-24-51(58)64-53-28-15-26-47-46-25-14-27-52-61(46)54(55(62(47)53)38-60(64)70)37-59-63(52)50-23-9-12-30-57(50)69(59)42-33-32-39-16-4-5-19-41(39)36-42/h1-38H. The molecule has 0 atom stereocenters. The Morgan fingerprint density at radius 2 is 0.786 bits per heavy atom. The van der Waals surface area contributed by atoms with Crippen LogP contribution in [0.5, 0.6) is 0 Å². The molecule has 322 valence electrons. The minimum Gasteiger partial charge on any atom is -0.309 e. The zero-order valence-corrected chi connectivity index (χ0v) is 37.7. The fourth-order valence-corrected chi connectivity index (χ4v) is 12.3. The Morgan fingerprint density at radius 1 is 0.271 bits per heavy atom. The SMILES string of the molecule is c1ccc(-c2ccc(-c3nc(-n4c5ccccc5c5c6cccc7c8cccc9c8c(cc8c9c9ccccc9n8-c8ccc9ccccc9c8)c(cc54)c76)nc4ccccc34)c3ccccc23)cc1. The van der Waals surface area contributed by atoms with Crippen LogP contribution in [0.15, 0.2) is 231 Å². The summed E-state index contributed by atoms with van der Waals surface area (Å²) < 4.78 is 4.81. The van der Waals surface area contributed by atoms with Gasteiger partial charge in [0.05, 0.1) is 33.3 Å². The van der Waals surface area contributed by atoms with E-state index in [0.29, 0.717) is 5.95 Å². The first-order valence-corrected chi connectivity index (χ1v) is 24.1. The molecule has 0 radical (unpaired) electrons. The summed E-state index contributed by atoms with van der Waals surface area (Å²) in [5.41, 5.74) is 11.0. The van der Waals surface area contributed by atoms with E-state index in [-0.39, 0.29) is 0 Å². The maximum absolute atomic E-state index is 5.69. The minimum absolute atomic E-state index is 0.645. The maximum Gasteiger partial charge on any atom is 0.235 e. The fourth-order valence-electron chi connectivity index (χ4n) is 12.3. The third-order valence-corrected chi connectivity index (χ3v) is 15.2. The third kappa shape index (κ3) is 5.09. The quantitative estimate of drug-likeness (QED) is 0.130. The van der Waals surface area contributed by atoms with Crippen molar-refractivity contribution >= 4 is 119 Å². The van der Waals surface area contributed by atoms with Crippen molar-refractivity contribution in [2.45, 2.75) is 0 Å². The lowest BCUT2D eigenvalue weighted by Crippen LogP contribution is -2.04. The Bertz CT molecular complexity index is 4880. The summed E-state index contributed by atoms with van der Waals surface area (Å²) in [6, 6.07) is 84.3. The van der Waals surface area contributed by atoms with E-state index < -0.39 is 0 Å². The lowest BCUT2D eigenvalue weighted by molar-refractivity contribution is 1.01. The molecule has 13 aromatic carbocycles. The van der Waals surface area contributed by atoms with Gasteiger partial charge < -0.3 is 4.57 Å². The lowest BCUT2D eigenvalue weighted by Gasteiger charge is -2.18. The van der Waals surface area contributed by atoms with Crippen molar-refractivity contribution in [1.82, 2.24) is 19.1 Å². The van der Waals surface area contributed by atoms with Crippen LogP contribution in [0.3, 0.4) is 0 Å². The van der Waals surface area contributed by atoms with Crippen molar-refractivity contribution in [2.75, 3.05) is 0 Å². The van der Waals surface area contributed by atoms with Crippen molar-refractivity contribution in [3.63, 3.8) is 0 Å². The summed E-state index contributed by atoms with van der Waals surface area (Å²) >= 11 is 0. The highest BCUT2D eigenvalue weighted by Gasteiger charge is 2.25. The van der Waals surface area contributed by atoms with E-state index in [1.807, 2.05) is 0 Å². The molecule has 0 saturated carbocycles. The summed E-state index contributed by atoms with van der Waals surface area (Å²) in [4.78, 5) is 11.2. The van der Waals surface area contributed by atoms with Gasteiger partial charge in [-0.15, -0.1) is 0 Å². The molecule has 0 saturated heterocycles. The first-order chi connectivity index (χ1) is 34.7. The second-order valence-corrected chi connectivity index (χ2v) is 18.8. The zero-order valence-electron chi connectivity index (χ0n) is 37.7. The van der Waals surface area contributed by atoms with Gasteiger partial charge in [0.15, 0.2) is 0 Å². The summed E-state index contributed by atoms with van der Waals surface area (Å²) in [6.45, 7) is 0. The number of hydrogen-bond acceptors (Lipinski definition) is 2. The molecule has 3 aromatic heterocycles. The third-order valence-electron chi connectivity index (χ3n) is 15.2. The largest absolute Gasteiger partial charge is 0.309 e. The molecule has 16 aromatic rings. The number of rotatable bonds is 4. The first kappa shape index (κ1) is 37.7. The summed E-state index contributed by atoms with van der Waals surface area (Å²) in [5.74, 6) is 0.645. The predicted molar refractivity (Wildman–Crippen MR) is 295 cm³/mol. The van der Waals surface area contributed by atoms with Gasteiger partial charge in [-0.2, -0.15) is 0 Å². The number of fused-ring (bicyclic) bond motifs is 13. The Balaban J connectivity index is 1.04. The Kier molecular flexibility index (Phi) is 7.58. The van der Waals surface area contributed by atoms with Gasteiger partial charge in [0.25, 0.3) is 0 Å². The van der Waals surface area contributed by atoms with Crippen molar-refractivity contribution < 1.29 is 0 Å².